The summed E-state index contributed by atoms with van der Waals surface area (Å²) in [5.74, 6) is 0.937. The smallest absolute Gasteiger partial charge is 0.121 e. The molecule has 0 aliphatic carbocycles. The fourth-order valence-corrected chi connectivity index (χ4v) is 1.87. The van der Waals surface area contributed by atoms with E-state index in [-0.39, 0.29) is 0 Å². The van der Waals surface area contributed by atoms with E-state index in [1.54, 1.807) is 6.26 Å². The zero-order valence-electron chi connectivity index (χ0n) is 7.83. The summed E-state index contributed by atoms with van der Waals surface area (Å²) >= 11 is 0. The zero-order valence-corrected chi connectivity index (χ0v) is 7.83. The van der Waals surface area contributed by atoms with Gasteiger partial charge in [-0.1, -0.05) is 0 Å². The highest BCUT2D eigenvalue weighted by molar-refractivity contribution is 5.16. The number of likely N-dealkylation sites (tertiary alicyclic amines) is 1. The summed E-state index contributed by atoms with van der Waals surface area (Å²) in [6.45, 7) is 3.95. The van der Waals surface area contributed by atoms with Crippen molar-refractivity contribution in [1.29, 1.82) is 0 Å². The van der Waals surface area contributed by atoms with Gasteiger partial charge in [-0.25, -0.2) is 0 Å². The summed E-state index contributed by atoms with van der Waals surface area (Å²) in [5.41, 5.74) is 6.81. The quantitative estimate of drug-likeness (QED) is 0.763. The summed E-state index contributed by atoms with van der Waals surface area (Å²) in [7, 11) is 0. The predicted octanol–water partition coefficient (Wildman–Crippen LogP) is 1.33. The molecule has 2 rings (SSSR count). The molecule has 0 saturated carbocycles. The molecular weight excluding hydrogens is 164 g/mol. The number of furan rings is 1. The molecule has 3 heteroatoms. The van der Waals surface area contributed by atoms with Crippen LogP contribution in [0.25, 0.3) is 0 Å². The van der Waals surface area contributed by atoms with Crippen molar-refractivity contribution in [1.82, 2.24) is 4.90 Å². The van der Waals surface area contributed by atoms with Gasteiger partial charge in [-0.2, -0.15) is 0 Å². The van der Waals surface area contributed by atoms with Crippen LogP contribution in [0, 0.1) is 0 Å². The monoisotopic (exact) mass is 180 g/mol. The van der Waals surface area contributed by atoms with Crippen molar-refractivity contribution in [3.05, 3.63) is 23.7 Å². The number of hydrogen-bond donors (Lipinski definition) is 1. The number of nitrogens with zero attached hydrogens (tertiary/aromatic N) is 1. The van der Waals surface area contributed by atoms with Crippen molar-refractivity contribution in [3.63, 3.8) is 0 Å². The normalized spacial score (nSPS) is 18.2. The van der Waals surface area contributed by atoms with E-state index in [1.807, 2.05) is 6.07 Å². The Kier molecular flexibility index (Phi) is 2.66. The Balaban J connectivity index is 1.99. The first-order chi connectivity index (χ1) is 6.40. The van der Waals surface area contributed by atoms with Crippen molar-refractivity contribution in [3.8, 4) is 0 Å². The second-order valence-corrected chi connectivity index (χ2v) is 3.56. The molecule has 72 valence electrons. The Labute approximate surface area is 78.5 Å². The van der Waals surface area contributed by atoms with Crippen LogP contribution in [0.5, 0.6) is 0 Å². The Morgan fingerprint density at radius 3 is 2.85 bits per heavy atom. The molecule has 0 amide bonds. The maximum atomic E-state index is 5.56. The van der Waals surface area contributed by atoms with Gasteiger partial charge in [0.2, 0.25) is 0 Å². The third kappa shape index (κ3) is 1.92. The second kappa shape index (κ2) is 3.94. The second-order valence-electron chi connectivity index (χ2n) is 3.56. The molecule has 1 saturated heterocycles. The third-order valence-corrected chi connectivity index (χ3v) is 2.62. The van der Waals surface area contributed by atoms with E-state index >= 15 is 0 Å². The Morgan fingerprint density at radius 1 is 1.38 bits per heavy atom. The van der Waals surface area contributed by atoms with E-state index in [2.05, 4.69) is 4.90 Å². The van der Waals surface area contributed by atoms with Crippen LogP contribution >= 0.6 is 0 Å². The van der Waals surface area contributed by atoms with Crippen LogP contribution in [0.15, 0.2) is 16.7 Å². The van der Waals surface area contributed by atoms with Crippen molar-refractivity contribution < 1.29 is 4.42 Å². The molecule has 1 aliphatic heterocycles. The first-order valence-electron chi connectivity index (χ1n) is 4.88. The summed E-state index contributed by atoms with van der Waals surface area (Å²) < 4.78 is 5.27. The molecule has 2 heterocycles. The van der Waals surface area contributed by atoms with Crippen LogP contribution in [-0.2, 0) is 13.1 Å². The molecule has 0 spiro atoms. The van der Waals surface area contributed by atoms with Gasteiger partial charge < -0.3 is 10.2 Å². The highest BCUT2D eigenvalue weighted by Crippen LogP contribution is 2.16. The fourth-order valence-electron chi connectivity index (χ4n) is 1.87. The SMILES string of the molecule is NCc1occc1CN1CCCC1. The molecule has 2 N–H and O–H groups in total. The number of hydrogen-bond acceptors (Lipinski definition) is 3. The largest absolute Gasteiger partial charge is 0.468 e. The van der Waals surface area contributed by atoms with Gasteiger partial charge in [0.15, 0.2) is 0 Å². The lowest BCUT2D eigenvalue weighted by atomic mass is 10.2. The van der Waals surface area contributed by atoms with Gasteiger partial charge in [0.05, 0.1) is 12.8 Å². The summed E-state index contributed by atoms with van der Waals surface area (Å²) in [6, 6.07) is 2.03. The van der Waals surface area contributed by atoms with Gasteiger partial charge in [-0.3, -0.25) is 4.90 Å². The third-order valence-electron chi connectivity index (χ3n) is 2.62. The van der Waals surface area contributed by atoms with E-state index in [0.717, 1.165) is 12.3 Å². The number of rotatable bonds is 3. The van der Waals surface area contributed by atoms with Crippen LogP contribution in [0.1, 0.15) is 24.2 Å². The first kappa shape index (κ1) is 8.78. The van der Waals surface area contributed by atoms with E-state index < -0.39 is 0 Å². The highest BCUT2D eigenvalue weighted by atomic mass is 16.3. The van der Waals surface area contributed by atoms with Crippen molar-refractivity contribution in [2.45, 2.75) is 25.9 Å². The van der Waals surface area contributed by atoms with Gasteiger partial charge >= 0.3 is 0 Å². The molecule has 0 aromatic carbocycles. The van der Waals surface area contributed by atoms with E-state index in [1.165, 1.54) is 31.5 Å². The molecule has 1 fully saturated rings. The molecule has 1 aromatic heterocycles. The minimum Gasteiger partial charge on any atom is -0.468 e. The van der Waals surface area contributed by atoms with Gasteiger partial charge in [-0.05, 0) is 32.0 Å². The lowest BCUT2D eigenvalue weighted by Crippen LogP contribution is -2.19. The van der Waals surface area contributed by atoms with Crippen molar-refractivity contribution >= 4 is 0 Å². The topological polar surface area (TPSA) is 42.4 Å². The number of nitrogens with two attached hydrogens (primary N) is 1. The van der Waals surface area contributed by atoms with Crippen LogP contribution < -0.4 is 5.73 Å². The molecular formula is C10H16N2O. The van der Waals surface area contributed by atoms with Crippen molar-refractivity contribution in [2.24, 2.45) is 5.73 Å². The standard InChI is InChI=1S/C10H16N2O/c11-7-10-9(3-6-13-10)8-12-4-1-2-5-12/h3,6H,1-2,4-5,7-8,11H2. The molecule has 13 heavy (non-hydrogen) atoms. The van der Waals surface area contributed by atoms with Gasteiger partial charge in [0, 0.05) is 12.1 Å². The molecule has 0 atom stereocenters. The zero-order chi connectivity index (χ0) is 9.10. The van der Waals surface area contributed by atoms with Gasteiger partial charge in [0.1, 0.15) is 5.76 Å². The van der Waals surface area contributed by atoms with Gasteiger partial charge in [0.25, 0.3) is 0 Å². The lowest BCUT2D eigenvalue weighted by Gasteiger charge is -2.13. The highest BCUT2D eigenvalue weighted by Gasteiger charge is 2.14. The molecule has 0 bridgehead atoms. The maximum Gasteiger partial charge on any atom is 0.121 e. The van der Waals surface area contributed by atoms with Crippen LogP contribution in [0.2, 0.25) is 0 Å². The van der Waals surface area contributed by atoms with Gasteiger partial charge in [-0.15, -0.1) is 0 Å². The Morgan fingerprint density at radius 2 is 2.15 bits per heavy atom. The van der Waals surface area contributed by atoms with E-state index in [0.29, 0.717) is 6.54 Å². The molecule has 0 unspecified atom stereocenters. The molecule has 3 nitrogen and oxygen atoms in total. The fraction of sp³-hybridized carbons (Fsp3) is 0.600. The average molecular weight is 180 g/mol. The summed E-state index contributed by atoms with van der Waals surface area (Å²) in [6.07, 6.45) is 4.39. The van der Waals surface area contributed by atoms with E-state index in [4.69, 9.17) is 10.2 Å². The molecule has 1 aromatic rings. The van der Waals surface area contributed by atoms with Crippen LogP contribution in [-0.4, -0.2) is 18.0 Å². The predicted molar refractivity (Wildman–Crippen MR) is 51.1 cm³/mol. The lowest BCUT2D eigenvalue weighted by molar-refractivity contribution is 0.327. The molecule has 1 aliphatic rings. The van der Waals surface area contributed by atoms with Crippen LogP contribution in [0.4, 0.5) is 0 Å². The van der Waals surface area contributed by atoms with Crippen molar-refractivity contribution in [2.75, 3.05) is 13.1 Å². The summed E-state index contributed by atoms with van der Waals surface area (Å²) in [5, 5.41) is 0. The van der Waals surface area contributed by atoms with E-state index in [9.17, 15) is 0 Å². The minimum absolute atomic E-state index is 0.510. The Bertz CT molecular complexity index is 264. The average Bonchev–Trinajstić information content (AvgIpc) is 2.76. The maximum absolute atomic E-state index is 5.56. The minimum atomic E-state index is 0.510. The Hall–Kier alpha value is -0.800. The summed E-state index contributed by atoms with van der Waals surface area (Å²) in [4.78, 5) is 2.45. The first-order valence-corrected chi connectivity index (χ1v) is 4.88. The van der Waals surface area contributed by atoms with Crippen LogP contribution in [0.3, 0.4) is 0 Å². The molecule has 0 radical (unpaired) electrons.